The first kappa shape index (κ1) is 17.3. The maximum Gasteiger partial charge on any atom is 0.305 e. The number of para-hydroxylation sites is 1. The zero-order valence-corrected chi connectivity index (χ0v) is 14.4. The Balaban J connectivity index is 2.07. The summed E-state index contributed by atoms with van der Waals surface area (Å²) < 4.78 is 4.59. The summed E-state index contributed by atoms with van der Waals surface area (Å²) in [7, 11) is 1.37. The molecule has 126 valence electrons. The zero-order valence-electron chi connectivity index (χ0n) is 14.4. The predicted molar refractivity (Wildman–Crippen MR) is 90.8 cm³/mol. The molecule has 0 unspecified atom stereocenters. The van der Waals surface area contributed by atoms with Gasteiger partial charge in [-0.3, -0.25) is 9.59 Å². The second kappa shape index (κ2) is 7.02. The van der Waals surface area contributed by atoms with Gasteiger partial charge in [-0.1, -0.05) is 19.1 Å². The van der Waals surface area contributed by atoms with Gasteiger partial charge in [0.15, 0.2) is 0 Å². The van der Waals surface area contributed by atoms with Gasteiger partial charge >= 0.3 is 5.97 Å². The molecule has 0 aromatic heterocycles. The molecule has 1 aromatic rings. The lowest BCUT2D eigenvalue weighted by atomic mass is 9.81. The summed E-state index contributed by atoms with van der Waals surface area (Å²) >= 11 is 0. The lowest BCUT2D eigenvalue weighted by Gasteiger charge is -2.38. The Morgan fingerprint density at radius 1 is 1.39 bits per heavy atom. The number of hydrogen-bond acceptors (Lipinski definition) is 4. The van der Waals surface area contributed by atoms with Crippen molar-refractivity contribution in [2.24, 2.45) is 0 Å². The van der Waals surface area contributed by atoms with E-state index in [1.807, 2.05) is 12.1 Å². The largest absolute Gasteiger partial charge is 0.469 e. The molecule has 0 spiro atoms. The molecule has 1 aliphatic heterocycles. The monoisotopic (exact) mass is 318 g/mol. The van der Waals surface area contributed by atoms with Gasteiger partial charge in [-0.25, -0.2) is 0 Å². The number of benzene rings is 1. The molecule has 1 atom stereocenters. The number of nitrogens with one attached hydrogen (secondary N) is 2. The van der Waals surface area contributed by atoms with Crippen LogP contribution in [0.5, 0.6) is 0 Å². The third kappa shape index (κ3) is 4.24. The van der Waals surface area contributed by atoms with Gasteiger partial charge in [-0.05, 0) is 44.2 Å². The molecule has 5 heteroatoms. The van der Waals surface area contributed by atoms with Gasteiger partial charge in [-0.15, -0.1) is 0 Å². The Bertz CT molecular complexity index is 596. The molecular formula is C18H26N2O3. The van der Waals surface area contributed by atoms with E-state index in [4.69, 9.17) is 0 Å². The number of carbonyl (C=O) groups excluding carboxylic acids is 2. The van der Waals surface area contributed by atoms with Crippen LogP contribution < -0.4 is 10.6 Å². The number of anilines is 1. The number of hydrogen-bond donors (Lipinski definition) is 2. The molecule has 1 heterocycles. The van der Waals surface area contributed by atoms with Gasteiger partial charge in [0.1, 0.15) is 0 Å². The number of methoxy groups -OCH3 is 1. The fraction of sp³-hybridized carbons (Fsp3) is 0.556. The van der Waals surface area contributed by atoms with Gasteiger partial charge in [0, 0.05) is 18.5 Å². The molecule has 0 bridgehead atoms. The molecule has 5 nitrogen and oxygen atoms in total. The molecule has 23 heavy (non-hydrogen) atoms. The Kier molecular flexibility index (Phi) is 5.29. The van der Waals surface area contributed by atoms with Crippen LogP contribution in [0.25, 0.3) is 0 Å². The average Bonchev–Trinajstić information content (AvgIpc) is 2.49. The maximum atomic E-state index is 12.5. The second-order valence-corrected chi connectivity index (χ2v) is 6.82. The highest BCUT2D eigenvalue weighted by atomic mass is 16.5. The van der Waals surface area contributed by atoms with E-state index in [0.717, 1.165) is 12.1 Å². The topological polar surface area (TPSA) is 67.4 Å². The molecule has 2 N–H and O–H groups in total. The van der Waals surface area contributed by atoms with E-state index in [9.17, 15) is 9.59 Å². The van der Waals surface area contributed by atoms with Crippen molar-refractivity contribution in [3.8, 4) is 0 Å². The maximum absolute atomic E-state index is 12.5. The first-order valence-corrected chi connectivity index (χ1v) is 8.10. The Morgan fingerprint density at radius 2 is 2.13 bits per heavy atom. The minimum atomic E-state index is -0.256. The van der Waals surface area contributed by atoms with Gasteiger partial charge < -0.3 is 15.4 Å². The van der Waals surface area contributed by atoms with Gasteiger partial charge in [0.05, 0.1) is 18.4 Å². The summed E-state index contributed by atoms with van der Waals surface area (Å²) in [5, 5.41) is 6.38. The standard InChI is InChI=1S/C18H26N2O3/c1-12-11-18(2,3)20-16-13(12)7-5-8-14(16)17(22)19-10-6-9-15(21)23-4/h5,7-8,12,20H,6,9-11H2,1-4H3,(H,19,22)/t12-/m1/s1. The number of amides is 1. The molecule has 0 aliphatic carbocycles. The van der Waals surface area contributed by atoms with Crippen LogP contribution in [0.15, 0.2) is 18.2 Å². The Hall–Kier alpha value is -2.04. The van der Waals surface area contributed by atoms with Crippen molar-refractivity contribution in [1.29, 1.82) is 0 Å². The van der Waals surface area contributed by atoms with E-state index in [2.05, 4.69) is 42.2 Å². The van der Waals surface area contributed by atoms with Gasteiger partial charge in [0.25, 0.3) is 5.91 Å². The lowest BCUT2D eigenvalue weighted by Crippen LogP contribution is -2.38. The molecule has 1 aliphatic rings. The minimum Gasteiger partial charge on any atom is -0.469 e. The summed E-state index contributed by atoms with van der Waals surface area (Å²) in [4.78, 5) is 23.6. The Morgan fingerprint density at radius 3 is 2.83 bits per heavy atom. The van der Waals surface area contributed by atoms with Crippen molar-refractivity contribution in [2.45, 2.75) is 51.5 Å². The van der Waals surface area contributed by atoms with Gasteiger partial charge in [-0.2, -0.15) is 0 Å². The third-order valence-corrected chi connectivity index (χ3v) is 4.22. The number of carbonyl (C=O) groups is 2. The highest BCUT2D eigenvalue weighted by Crippen LogP contribution is 2.40. The third-order valence-electron chi connectivity index (χ3n) is 4.22. The van der Waals surface area contributed by atoms with Crippen molar-refractivity contribution in [1.82, 2.24) is 5.32 Å². The summed E-state index contributed by atoms with van der Waals surface area (Å²) in [6.07, 6.45) is 1.92. The number of rotatable bonds is 5. The fourth-order valence-corrected chi connectivity index (χ4v) is 3.21. The second-order valence-electron chi connectivity index (χ2n) is 6.82. The molecule has 1 aromatic carbocycles. The van der Waals surface area contributed by atoms with E-state index in [0.29, 0.717) is 30.9 Å². The summed E-state index contributed by atoms with van der Waals surface area (Å²) in [6.45, 7) is 6.95. The molecule has 0 saturated heterocycles. The molecular weight excluding hydrogens is 292 g/mol. The van der Waals surface area contributed by atoms with Gasteiger partial charge in [0.2, 0.25) is 0 Å². The van der Waals surface area contributed by atoms with Crippen molar-refractivity contribution in [2.75, 3.05) is 19.0 Å². The number of fused-ring (bicyclic) bond motifs is 1. The van der Waals surface area contributed by atoms with E-state index in [1.165, 1.54) is 12.7 Å². The van der Waals surface area contributed by atoms with Crippen LogP contribution in [0.4, 0.5) is 5.69 Å². The van der Waals surface area contributed by atoms with Crippen LogP contribution in [0.1, 0.15) is 61.9 Å². The Labute approximate surface area is 137 Å². The molecule has 0 radical (unpaired) electrons. The number of esters is 1. The van der Waals surface area contributed by atoms with Crippen LogP contribution in [-0.2, 0) is 9.53 Å². The first-order valence-electron chi connectivity index (χ1n) is 8.10. The van der Waals surface area contributed by atoms with E-state index in [1.54, 1.807) is 0 Å². The minimum absolute atomic E-state index is 0.0340. The average molecular weight is 318 g/mol. The highest BCUT2D eigenvalue weighted by Gasteiger charge is 2.31. The SMILES string of the molecule is COC(=O)CCCNC(=O)c1cccc2c1NC(C)(C)C[C@H]2C. The smallest absolute Gasteiger partial charge is 0.305 e. The summed E-state index contributed by atoms with van der Waals surface area (Å²) in [5.74, 6) is 0.0472. The highest BCUT2D eigenvalue weighted by molar-refractivity contribution is 6.00. The quantitative estimate of drug-likeness (QED) is 0.647. The van der Waals surface area contributed by atoms with Crippen LogP contribution in [0, 0.1) is 0 Å². The fourth-order valence-electron chi connectivity index (χ4n) is 3.21. The van der Waals surface area contributed by atoms with Crippen LogP contribution in [0.3, 0.4) is 0 Å². The molecule has 1 amide bonds. The van der Waals surface area contributed by atoms with E-state index in [-0.39, 0.29) is 17.4 Å². The molecule has 0 fully saturated rings. The predicted octanol–water partition coefficient (Wildman–Crippen LogP) is 3.07. The van der Waals surface area contributed by atoms with Crippen LogP contribution in [0.2, 0.25) is 0 Å². The zero-order chi connectivity index (χ0) is 17.0. The van der Waals surface area contributed by atoms with E-state index >= 15 is 0 Å². The summed E-state index contributed by atoms with van der Waals surface area (Å²) in [5.41, 5.74) is 2.75. The molecule has 2 rings (SSSR count). The van der Waals surface area contributed by atoms with Crippen LogP contribution >= 0.6 is 0 Å². The lowest BCUT2D eigenvalue weighted by molar-refractivity contribution is -0.140. The van der Waals surface area contributed by atoms with Crippen molar-refractivity contribution in [3.05, 3.63) is 29.3 Å². The number of ether oxygens (including phenoxy) is 1. The first-order chi connectivity index (χ1) is 10.8. The van der Waals surface area contributed by atoms with Crippen LogP contribution in [-0.4, -0.2) is 31.1 Å². The van der Waals surface area contributed by atoms with Crippen molar-refractivity contribution < 1.29 is 14.3 Å². The summed E-state index contributed by atoms with van der Waals surface area (Å²) in [6, 6.07) is 5.85. The molecule has 0 saturated carbocycles. The van der Waals surface area contributed by atoms with Crippen molar-refractivity contribution in [3.63, 3.8) is 0 Å². The normalized spacial score (nSPS) is 18.5. The van der Waals surface area contributed by atoms with E-state index < -0.39 is 0 Å². The van der Waals surface area contributed by atoms with Crippen molar-refractivity contribution >= 4 is 17.6 Å².